The zero-order chi connectivity index (χ0) is 19.6. The Balaban J connectivity index is 2.62. The molecule has 0 aliphatic carbocycles. The summed E-state index contributed by atoms with van der Waals surface area (Å²) in [6.07, 6.45) is -0.735. The van der Waals surface area contributed by atoms with Gasteiger partial charge in [-0.05, 0) is 26.3 Å². The lowest BCUT2D eigenvalue weighted by Gasteiger charge is -2.23. The van der Waals surface area contributed by atoms with Crippen molar-refractivity contribution in [1.29, 1.82) is 0 Å². The van der Waals surface area contributed by atoms with Crippen molar-refractivity contribution in [3.63, 3.8) is 0 Å². The normalized spacial score (nSPS) is 12.0. The van der Waals surface area contributed by atoms with E-state index >= 15 is 0 Å². The summed E-state index contributed by atoms with van der Waals surface area (Å²) in [4.78, 5) is 35.5. The summed E-state index contributed by atoms with van der Waals surface area (Å²) in [6.45, 7) is 5.20. The number of hydrogen-bond donors (Lipinski definition) is 3. The zero-order valence-corrected chi connectivity index (χ0v) is 15.6. The van der Waals surface area contributed by atoms with Crippen LogP contribution in [0.1, 0.15) is 26.3 Å². The lowest BCUT2D eigenvalue weighted by molar-refractivity contribution is -0.128. The first-order chi connectivity index (χ1) is 12.2. The van der Waals surface area contributed by atoms with Crippen molar-refractivity contribution in [1.82, 2.24) is 16.0 Å². The molecule has 0 aromatic heterocycles. The maximum atomic E-state index is 12.3. The van der Waals surface area contributed by atoms with Gasteiger partial charge in [-0.15, -0.1) is 0 Å². The van der Waals surface area contributed by atoms with Crippen molar-refractivity contribution < 1.29 is 23.9 Å². The van der Waals surface area contributed by atoms with E-state index in [2.05, 4.69) is 16.0 Å². The predicted molar refractivity (Wildman–Crippen MR) is 96.3 cm³/mol. The van der Waals surface area contributed by atoms with E-state index in [1.807, 2.05) is 30.3 Å². The smallest absolute Gasteiger partial charge is 0.408 e. The minimum absolute atomic E-state index is 0.0618. The van der Waals surface area contributed by atoms with Crippen molar-refractivity contribution >= 4 is 17.9 Å². The first-order valence-electron chi connectivity index (χ1n) is 8.30. The monoisotopic (exact) mass is 365 g/mol. The van der Waals surface area contributed by atoms with Crippen LogP contribution in [-0.4, -0.2) is 49.7 Å². The van der Waals surface area contributed by atoms with Crippen LogP contribution in [0, 0.1) is 0 Å². The number of ether oxygens (including phenoxy) is 2. The van der Waals surface area contributed by atoms with Gasteiger partial charge < -0.3 is 25.4 Å². The quantitative estimate of drug-likeness (QED) is 0.636. The van der Waals surface area contributed by atoms with Crippen LogP contribution < -0.4 is 16.0 Å². The summed E-state index contributed by atoms with van der Waals surface area (Å²) in [5.41, 5.74) is 0.243. The van der Waals surface area contributed by atoms with Gasteiger partial charge in [0.2, 0.25) is 11.8 Å². The molecule has 0 saturated carbocycles. The summed E-state index contributed by atoms with van der Waals surface area (Å²) in [5, 5.41) is 7.32. The molecular formula is C18H27N3O5. The molecule has 0 aliphatic heterocycles. The number of likely N-dealkylation sites (N-methyl/N-ethyl adjacent to an activating group) is 1. The van der Waals surface area contributed by atoms with E-state index in [0.29, 0.717) is 0 Å². The molecule has 144 valence electrons. The molecule has 0 spiro atoms. The molecule has 0 heterocycles. The average Bonchev–Trinajstić information content (AvgIpc) is 2.57. The molecule has 8 nitrogen and oxygen atoms in total. The van der Waals surface area contributed by atoms with E-state index in [-0.39, 0.29) is 25.7 Å². The Hall–Kier alpha value is -2.61. The second-order valence-electron chi connectivity index (χ2n) is 6.59. The summed E-state index contributed by atoms with van der Waals surface area (Å²) in [6, 6.07) is 8.45. The minimum atomic E-state index is -0.988. The molecule has 1 rings (SSSR count). The van der Waals surface area contributed by atoms with E-state index in [0.717, 1.165) is 5.56 Å². The Morgan fingerprint density at radius 2 is 1.77 bits per heavy atom. The molecule has 0 aliphatic rings. The SMILES string of the molecule is CNC(=O)CNC(=O)C(COCc1ccccc1)NC(=O)OC(C)(C)C. The maximum absolute atomic E-state index is 12.3. The third-order valence-electron chi connectivity index (χ3n) is 3.11. The highest BCUT2D eigenvalue weighted by Crippen LogP contribution is 2.07. The Bertz CT molecular complexity index is 599. The van der Waals surface area contributed by atoms with Gasteiger partial charge in [0.25, 0.3) is 0 Å². The average molecular weight is 365 g/mol. The first-order valence-corrected chi connectivity index (χ1v) is 8.30. The van der Waals surface area contributed by atoms with Crippen LogP contribution in [0.2, 0.25) is 0 Å². The number of carbonyl (C=O) groups is 3. The first kappa shape index (κ1) is 21.4. The van der Waals surface area contributed by atoms with Crippen LogP contribution in [-0.2, 0) is 25.7 Å². The fraction of sp³-hybridized carbons (Fsp3) is 0.500. The topological polar surface area (TPSA) is 106 Å². The van der Waals surface area contributed by atoms with Gasteiger partial charge in [0.1, 0.15) is 11.6 Å². The van der Waals surface area contributed by atoms with E-state index in [9.17, 15) is 14.4 Å². The second-order valence-corrected chi connectivity index (χ2v) is 6.59. The van der Waals surface area contributed by atoms with E-state index in [1.165, 1.54) is 7.05 Å². The van der Waals surface area contributed by atoms with Gasteiger partial charge >= 0.3 is 6.09 Å². The lowest BCUT2D eigenvalue weighted by Crippen LogP contribution is -2.52. The standard InChI is InChI=1S/C18H27N3O5/c1-18(2,3)26-17(24)21-14(16(23)20-10-15(22)19-4)12-25-11-13-8-6-5-7-9-13/h5-9,14H,10-12H2,1-4H3,(H,19,22)(H,20,23)(H,21,24). The van der Waals surface area contributed by atoms with Crippen LogP contribution in [0.25, 0.3) is 0 Å². The molecule has 3 amide bonds. The third-order valence-corrected chi connectivity index (χ3v) is 3.11. The van der Waals surface area contributed by atoms with Gasteiger partial charge in [-0.1, -0.05) is 30.3 Å². The predicted octanol–water partition coefficient (Wildman–Crippen LogP) is 0.959. The molecule has 1 aromatic carbocycles. The van der Waals surface area contributed by atoms with Gasteiger partial charge in [-0.25, -0.2) is 4.79 Å². The molecule has 26 heavy (non-hydrogen) atoms. The van der Waals surface area contributed by atoms with Crippen LogP contribution in [0.5, 0.6) is 0 Å². The largest absolute Gasteiger partial charge is 0.444 e. The van der Waals surface area contributed by atoms with E-state index in [1.54, 1.807) is 20.8 Å². The van der Waals surface area contributed by atoms with Crippen molar-refractivity contribution in [3.05, 3.63) is 35.9 Å². The van der Waals surface area contributed by atoms with Crippen molar-refractivity contribution in [2.75, 3.05) is 20.2 Å². The van der Waals surface area contributed by atoms with Gasteiger partial charge in [0.05, 0.1) is 19.8 Å². The van der Waals surface area contributed by atoms with Crippen molar-refractivity contribution in [3.8, 4) is 0 Å². The summed E-state index contributed by atoms with van der Waals surface area (Å²) >= 11 is 0. The molecular weight excluding hydrogens is 338 g/mol. The second kappa shape index (κ2) is 10.4. The Labute approximate surface area is 153 Å². The maximum Gasteiger partial charge on any atom is 0.408 e. The third kappa shape index (κ3) is 9.03. The van der Waals surface area contributed by atoms with Crippen molar-refractivity contribution in [2.24, 2.45) is 0 Å². The van der Waals surface area contributed by atoms with Gasteiger partial charge in [-0.2, -0.15) is 0 Å². The van der Waals surface area contributed by atoms with Gasteiger partial charge in [0, 0.05) is 7.05 Å². The molecule has 0 saturated heterocycles. The van der Waals surface area contributed by atoms with Crippen LogP contribution >= 0.6 is 0 Å². The zero-order valence-electron chi connectivity index (χ0n) is 15.6. The number of nitrogens with one attached hydrogen (secondary N) is 3. The fourth-order valence-corrected chi connectivity index (χ4v) is 1.88. The number of rotatable bonds is 8. The number of benzene rings is 1. The highest BCUT2D eigenvalue weighted by molar-refractivity contribution is 5.89. The number of alkyl carbamates (subject to hydrolysis) is 1. The van der Waals surface area contributed by atoms with Gasteiger partial charge in [-0.3, -0.25) is 9.59 Å². The molecule has 0 radical (unpaired) electrons. The van der Waals surface area contributed by atoms with Crippen LogP contribution in [0.4, 0.5) is 4.79 Å². The van der Waals surface area contributed by atoms with Crippen LogP contribution in [0.3, 0.4) is 0 Å². The highest BCUT2D eigenvalue weighted by atomic mass is 16.6. The number of amides is 3. The Morgan fingerprint density at radius 1 is 1.12 bits per heavy atom. The number of hydrogen-bond acceptors (Lipinski definition) is 5. The molecule has 0 fully saturated rings. The highest BCUT2D eigenvalue weighted by Gasteiger charge is 2.24. The Kier molecular flexibility index (Phi) is 8.57. The van der Waals surface area contributed by atoms with E-state index in [4.69, 9.17) is 9.47 Å². The van der Waals surface area contributed by atoms with Gasteiger partial charge in [0.15, 0.2) is 0 Å². The molecule has 1 unspecified atom stereocenters. The summed E-state index contributed by atoms with van der Waals surface area (Å²) < 4.78 is 10.7. The lowest BCUT2D eigenvalue weighted by atomic mass is 10.2. The minimum Gasteiger partial charge on any atom is -0.444 e. The summed E-state index contributed by atoms with van der Waals surface area (Å²) in [5.74, 6) is -0.882. The molecule has 0 bridgehead atoms. The fourth-order valence-electron chi connectivity index (χ4n) is 1.88. The molecule has 1 atom stereocenters. The van der Waals surface area contributed by atoms with E-state index < -0.39 is 23.6 Å². The van der Waals surface area contributed by atoms with Crippen molar-refractivity contribution in [2.45, 2.75) is 39.0 Å². The number of carbonyl (C=O) groups excluding carboxylic acids is 3. The molecule has 3 N–H and O–H groups in total. The van der Waals surface area contributed by atoms with Crippen LogP contribution in [0.15, 0.2) is 30.3 Å². The summed E-state index contributed by atoms with van der Waals surface area (Å²) in [7, 11) is 1.47. The molecule has 1 aromatic rings. The Morgan fingerprint density at radius 3 is 2.35 bits per heavy atom. The molecule has 8 heteroatoms.